The summed E-state index contributed by atoms with van der Waals surface area (Å²) in [5.41, 5.74) is 2.61. The molecular weight excluding hydrogens is 350 g/mol. The zero-order valence-electron chi connectivity index (χ0n) is 11.7. The van der Waals surface area contributed by atoms with Crippen molar-refractivity contribution in [2.75, 3.05) is 0 Å². The molecule has 0 fully saturated rings. The van der Waals surface area contributed by atoms with Crippen molar-refractivity contribution >= 4 is 27.7 Å². The van der Waals surface area contributed by atoms with Gasteiger partial charge in [0.25, 0.3) is 0 Å². The van der Waals surface area contributed by atoms with Gasteiger partial charge in [0.05, 0.1) is 0 Å². The predicted octanol–water partition coefficient (Wildman–Crippen LogP) is 4.44. The Bertz CT molecular complexity index is 766. The average molecular weight is 364 g/mol. The van der Waals surface area contributed by atoms with Crippen LogP contribution in [0.5, 0.6) is 0 Å². The topological polar surface area (TPSA) is 43.9 Å². The molecule has 0 atom stereocenters. The minimum atomic E-state index is 0.689. The lowest BCUT2D eigenvalue weighted by Crippen LogP contribution is -1.94. The second-order valence-electron chi connectivity index (χ2n) is 4.68. The molecule has 0 radical (unpaired) electrons. The summed E-state index contributed by atoms with van der Waals surface area (Å²) in [4.78, 5) is 0. The van der Waals surface area contributed by atoms with Crippen molar-refractivity contribution in [2.45, 2.75) is 17.8 Å². The summed E-state index contributed by atoms with van der Waals surface area (Å²) in [7, 11) is 1.95. The summed E-state index contributed by atoms with van der Waals surface area (Å²) in [6, 6.07) is 12.1. The van der Waals surface area contributed by atoms with E-state index >= 15 is 0 Å². The zero-order valence-corrected chi connectivity index (χ0v) is 14.1. The van der Waals surface area contributed by atoms with Gasteiger partial charge in [0.15, 0.2) is 21.4 Å². The third kappa shape index (κ3) is 3.06. The van der Waals surface area contributed by atoms with Crippen LogP contribution >= 0.6 is 27.7 Å². The van der Waals surface area contributed by atoms with Crippen LogP contribution in [0.2, 0.25) is 0 Å². The number of aromatic nitrogens is 3. The molecule has 0 saturated heterocycles. The van der Waals surface area contributed by atoms with Gasteiger partial charge in [0, 0.05) is 12.8 Å². The van der Waals surface area contributed by atoms with Gasteiger partial charge in [-0.15, -0.1) is 10.2 Å². The number of benzene rings is 1. The van der Waals surface area contributed by atoms with Crippen LogP contribution in [0.4, 0.5) is 0 Å². The Morgan fingerprint density at radius 3 is 2.71 bits per heavy atom. The molecule has 0 unspecified atom stereocenters. The number of halogens is 1. The van der Waals surface area contributed by atoms with Crippen LogP contribution in [-0.2, 0) is 12.8 Å². The van der Waals surface area contributed by atoms with Crippen LogP contribution in [0.1, 0.15) is 11.1 Å². The van der Waals surface area contributed by atoms with Crippen LogP contribution in [0.25, 0.3) is 11.6 Å². The maximum atomic E-state index is 5.53. The molecule has 0 bridgehead atoms. The SMILES string of the molecule is Cc1ccccc1CSc1nnc(-c2ccc(Br)o2)n1C. The minimum absolute atomic E-state index is 0.689. The highest BCUT2D eigenvalue weighted by Gasteiger charge is 2.14. The molecule has 0 spiro atoms. The molecule has 0 saturated carbocycles. The van der Waals surface area contributed by atoms with Gasteiger partial charge in [-0.05, 0) is 46.1 Å². The van der Waals surface area contributed by atoms with Crippen molar-refractivity contribution in [1.82, 2.24) is 14.8 Å². The molecule has 21 heavy (non-hydrogen) atoms. The summed E-state index contributed by atoms with van der Waals surface area (Å²) >= 11 is 4.97. The van der Waals surface area contributed by atoms with Crippen molar-refractivity contribution in [3.63, 3.8) is 0 Å². The number of nitrogens with zero attached hydrogens (tertiary/aromatic N) is 3. The fraction of sp³-hybridized carbons (Fsp3) is 0.200. The van der Waals surface area contributed by atoms with Crippen molar-refractivity contribution < 1.29 is 4.42 Å². The molecule has 0 aliphatic carbocycles. The number of rotatable bonds is 4. The van der Waals surface area contributed by atoms with Crippen molar-refractivity contribution in [3.8, 4) is 11.6 Å². The summed E-state index contributed by atoms with van der Waals surface area (Å²) < 4.78 is 8.17. The second kappa shape index (κ2) is 6.07. The third-order valence-corrected chi connectivity index (χ3v) is 4.74. The maximum Gasteiger partial charge on any atom is 0.200 e. The van der Waals surface area contributed by atoms with Gasteiger partial charge in [0.2, 0.25) is 0 Å². The molecule has 2 heterocycles. The first-order chi connectivity index (χ1) is 10.1. The molecule has 6 heteroatoms. The number of furan rings is 1. The molecule has 2 aromatic heterocycles. The number of hydrogen-bond acceptors (Lipinski definition) is 4. The van der Waals surface area contributed by atoms with Crippen LogP contribution in [0.15, 0.2) is 50.6 Å². The highest BCUT2D eigenvalue weighted by molar-refractivity contribution is 9.10. The smallest absolute Gasteiger partial charge is 0.200 e. The van der Waals surface area contributed by atoms with Gasteiger partial charge < -0.3 is 8.98 Å². The van der Waals surface area contributed by atoms with E-state index in [0.717, 1.165) is 16.7 Å². The van der Waals surface area contributed by atoms with E-state index in [0.29, 0.717) is 10.4 Å². The van der Waals surface area contributed by atoms with Gasteiger partial charge in [0.1, 0.15) is 0 Å². The molecule has 3 rings (SSSR count). The fourth-order valence-corrected chi connectivity index (χ4v) is 3.30. The van der Waals surface area contributed by atoms with Gasteiger partial charge >= 0.3 is 0 Å². The van der Waals surface area contributed by atoms with E-state index in [-0.39, 0.29) is 0 Å². The van der Waals surface area contributed by atoms with Gasteiger partial charge in [-0.25, -0.2) is 0 Å². The first-order valence-corrected chi connectivity index (χ1v) is 8.25. The van der Waals surface area contributed by atoms with E-state index in [9.17, 15) is 0 Å². The third-order valence-electron chi connectivity index (χ3n) is 3.25. The minimum Gasteiger partial charge on any atom is -0.446 e. The Labute approximate surface area is 135 Å². The number of aryl methyl sites for hydroxylation is 1. The lowest BCUT2D eigenvalue weighted by atomic mass is 10.1. The first kappa shape index (κ1) is 14.4. The fourth-order valence-electron chi connectivity index (χ4n) is 2.00. The van der Waals surface area contributed by atoms with Crippen molar-refractivity contribution in [2.24, 2.45) is 7.05 Å². The molecule has 4 nitrogen and oxygen atoms in total. The van der Waals surface area contributed by atoms with Crippen LogP contribution in [0.3, 0.4) is 0 Å². The van der Waals surface area contributed by atoms with E-state index in [1.165, 1.54) is 11.1 Å². The van der Waals surface area contributed by atoms with E-state index in [1.807, 2.05) is 23.7 Å². The molecular formula is C15H14BrN3OS. The maximum absolute atomic E-state index is 5.53. The van der Waals surface area contributed by atoms with E-state index in [4.69, 9.17) is 4.42 Å². The highest BCUT2D eigenvalue weighted by Crippen LogP contribution is 2.28. The number of hydrogen-bond donors (Lipinski definition) is 0. The summed E-state index contributed by atoms with van der Waals surface area (Å²) in [5, 5.41) is 9.33. The molecule has 0 aliphatic heterocycles. The van der Waals surface area contributed by atoms with Crippen molar-refractivity contribution in [1.29, 1.82) is 0 Å². The first-order valence-electron chi connectivity index (χ1n) is 6.47. The Balaban J connectivity index is 1.78. The van der Waals surface area contributed by atoms with E-state index in [2.05, 4.69) is 57.3 Å². The van der Waals surface area contributed by atoms with Crippen LogP contribution in [-0.4, -0.2) is 14.8 Å². The highest BCUT2D eigenvalue weighted by atomic mass is 79.9. The molecule has 0 aliphatic rings. The van der Waals surface area contributed by atoms with Crippen LogP contribution in [0, 0.1) is 6.92 Å². The van der Waals surface area contributed by atoms with Crippen molar-refractivity contribution in [3.05, 3.63) is 52.2 Å². The Hall–Kier alpha value is -1.53. The Kier molecular flexibility index (Phi) is 4.17. The summed E-state index contributed by atoms with van der Waals surface area (Å²) in [6.07, 6.45) is 0. The molecule has 0 N–H and O–H groups in total. The zero-order chi connectivity index (χ0) is 14.8. The van der Waals surface area contributed by atoms with E-state index < -0.39 is 0 Å². The van der Waals surface area contributed by atoms with Gasteiger partial charge in [-0.1, -0.05) is 36.0 Å². The molecule has 3 aromatic rings. The molecule has 0 amide bonds. The normalized spacial score (nSPS) is 11.0. The standard InChI is InChI=1S/C15H14BrN3OS/c1-10-5-3-4-6-11(10)9-21-15-18-17-14(19(15)2)12-7-8-13(16)20-12/h3-8H,9H2,1-2H3. The largest absolute Gasteiger partial charge is 0.446 e. The lowest BCUT2D eigenvalue weighted by molar-refractivity contribution is 0.547. The monoisotopic (exact) mass is 363 g/mol. The van der Waals surface area contributed by atoms with Gasteiger partial charge in [-0.3, -0.25) is 0 Å². The predicted molar refractivity (Wildman–Crippen MR) is 87.1 cm³/mol. The molecule has 108 valence electrons. The second-order valence-corrected chi connectivity index (χ2v) is 6.41. The van der Waals surface area contributed by atoms with E-state index in [1.54, 1.807) is 11.8 Å². The summed E-state index contributed by atoms with van der Waals surface area (Å²) in [5.74, 6) is 2.31. The number of thioether (sulfide) groups is 1. The van der Waals surface area contributed by atoms with Gasteiger partial charge in [-0.2, -0.15) is 0 Å². The quantitative estimate of drug-likeness (QED) is 0.642. The lowest BCUT2D eigenvalue weighted by Gasteiger charge is -2.05. The molecule has 1 aromatic carbocycles. The Morgan fingerprint density at radius 2 is 2.00 bits per heavy atom. The summed E-state index contributed by atoms with van der Waals surface area (Å²) in [6.45, 7) is 2.12. The Morgan fingerprint density at radius 1 is 1.19 bits per heavy atom. The average Bonchev–Trinajstić information content (AvgIpc) is 3.04. The van der Waals surface area contributed by atoms with Crippen LogP contribution < -0.4 is 0 Å².